The lowest BCUT2D eigenvalue weighted by Crippen LogP contribution is -2.48. The third kappa shape index (κ3) is 2.92. The summed E-state index contributed by atoms with van der Waals surface area (Å²) in [6, 6.07) is 3.08. The van der Waals surface area contributed by atoms with E-state index in [0.29, 0.717) is 26.2 Å². The molecule has 1 aromatic rings. The molecule has 0 radical (unpaired) electrons. The Balaban J connectivity index is 2.05. The number of nitrogens with zero attached hydrogens (tertiary/aromatic N) is 3. The molecule has 0 atom stereocenters. The second kappa shape index (κ2) is 4.58. The van der Waals surface area contributed by atoms with Gasteiger partial charge < -0.3 is 4.90 Å². The summed E-state index contributed by atoms with van der Waals surface area (Å²) in [6.07, 6.45) is 2.61. The first-order valence-electron chi connectivity index (χ1n) is 5.28. The number of pyridine rings is 1. The van der Waals surface area contributed by atoms with E-state index in [-0.39, 0.29) is 0 Å². The standard InChI is InChI=1S/C10H14FN3O2S/c1-17(15,16)14-6-4-13(5-7-14)9-2-3-12-10(11)8-9/h2-3,8H,4-7H2,1H3. The molecule has 1 aliphatic rings. The van der Waals surface area contributed by atoms with Gasteiger partial charge in [-0.2, -0.15) is 8.70 Å². The highest BCUT2D eigenvalue weighted by Gasteiger charge is 2.23. The van der Waals surface area contributed by atoms with E-state index in [0.717, 1.165) is 5.69 Å². The Kier molecular flexibility index (Phi) is 3.30. The van der Waals surface area contributed by atoms with Crippen molar-refractivity contribution in [2.24, 2.45) is 0 Å². The van der Waals surface area contributed by atoms with Crippen molar-refractivity contribution in [1.29, 1.82) is 0 Å². The van der Waals surface area contributed by atoms with Crippen LogP contribution in [-0.2, 0) is 10.0 Å². The van der Waals surface area contributed by atoms with E-state index in [4.69, 9.17) is 0 Å². The lowest BCUT2D eigenvalue weighted by molar-refractivity contribution is 0.387. The molecule has 94 valence electrons. The Morgan fingerprint density at radius 1 is 1.29 bits per heavy atom. The van der Waals surface area contributed by atoms with E-state index in [1.54, 1.807) is 6.07 Å². The first-order valence-corrected chi connectivity index (χ1v) is 7.13. The molecule has 2 rings (SSSR count). The zero-order chi connectivity index (χ0) is 12.5. The molecule has 0 amide bonds. The maximum atomic E-state index is 12.9. The number of anilines is 1. The fourth-order valence-electron chi connectivity index (χ4n) is 1.87. The lowest BCUT2D eigenvalue weighted by atomic mass is 10.3. The summed E-state index contributed by atoms with van der Waals surface area (Å²) in [6.45, 7) is 2.00. The van der Waals surface area contributed by atoms with Gasteiger partial charge in [0.15, 0.2) is 0 Å². The molecule has 2 heterocycles. The first kappa shape index (κ1) is 12.3. The van der Waals surface area contributed by atoms with Gasteiger partial charge in [0, 0.05) is 44.1 Å². The maximum Gasteiger partial charge on any atom is 0.214 e. The summed E-state index contributed by atoms with van der Waals surface area (Å²) in [5.74, 6) is -0.520. The number of hydrogen-bond acceptors (Lipinski definition) is 4. The molecule has 0 unspecified atom stereocenters. The second-order valence-corrected chi connectivity index (χ2v) is 5.97. The number of halogens is 1. The number of hydrogen-bond donors (Lipinski definition) is 0. The van der Waals surface area contributed by atoms with Crippen molar-refractivity contribution in [1.82, 2.24) is 9.29 Å². The molecule has 1 aromatic heterocycles. The molecule has 0 aliphatic carbocycles. The van der Waals surface area contributed by atoms with Crippen LogP contribution >= 0.6 is 0 Å². The van der Waals surface area contributed by atoms with Crippen LogP contribution in [0.25, 0.3) is 0 Å². The van der Waals surface area contributed by atoms with Crippen molar-refractivity contribution >= 4 is 15.7 Å². The second-order valence-electron chi connectivity index (χ2n) is 3.99. The van der Waals surface area contributed by atoms with Gasteiger partial charge in [0.1, 0.15) is 0 Å². The number of sulfonamides is 1. The minimum absolute atomic E-state index is 0.433. The molecule has 7 heteroatoms. The summed E-state index contributed by atoms with van der Waals surface area (Å²) < 4.78 is 37.0. The van der Waals surface area contributed by atoms with Crippen LogP contribution in [0.2, 0.25) is 0 Å². The number of rotatable bonds is 2. The van der Waals surface area contributed by atoms with Gasteiger partial charge in [0.25, 0.3) is 0 Å². The van der Waals surface area contributed by atoms with Crippen LogP contribution in [0.5, 0.6) is 0 Å². The fourth-order valence-corrected chi connectivity index (χ4v) is 2.69. The minimum Gasteiger partial charge on any atom is -0.369 e. The van der Waals surface area contributed by atoms with Gasteiger partial charge in [-0.15, -0.1) is 0 Å². The quantitative estimate of drug-likeness (QED) is 0.717. The molecular weight excluding hydrogens is 245 g/mol. The van der Waals surface area contributed by atoms with E-state index in [1.807, 2.05) is 4.90 Å². The molecular formula is C10H14FN3O2S. The Hall–Kier alpha value is -1.21. The SMILES string of the molecule is CS(=O)(=O)N1CCN(c2ccnc(F)c2)CC1. The van der Waals surface area contributed by atoms with Crippen molar-refractivity contribution in [3.05, 3.63) is 24.3 Å². The van der Waals surface area contributed by atoms with E-state index in [2.05, 4.69) is 4.98 Å². The van der Waals surface area contributed by atoms with E-state index >= 15 is 0 Å². The Morgan fingerprint density at radius 3 is 2.47 bits per heavy atom. The van der Waals surface area contributed by atoms with Gasteiger partial charge in [0.05, 0.1) is 6.26 Å². The predicted molar refractivity (Wildman–Crippen MR) is 62.8 cm³/mol. The van der Waals surface area contributed by atoms with Crippen LogP contribution in [0.1, 0.15) is 0 Å². The summed E-state index contributed by atoms with van der Waals surface area (Å²) in [7, 11) is -3.12. The van der Waals surface area contributed by atoms with Crippen molar-refractivity contribution in [2.75, 3.05) is 37.3 Å². The topological polar surface area (TPSA) is 53.5 Å². The van der Waals surface area contributed by atoms with Gasteiger partial charge in [-0.25, -0.2) is 13.4 Å². The van der Waals surface area contributed by atoms with Crippen LogP contribution in [0.15, 0.2) is 18.3 Å². The van der Waals surface area contributed by atoms with Crippen molar-refractivity contribution in [2.45, 2.75) is 0 Å². The smallest absolute Gasteiger partial charge is 0.214 e. The van der Waals surface area contributed by atoms with Crippen LogP contribution < -0.4 is 4.90 Å². The zero-order valence-corrected chi connectivity index (χ0v) is 10.3. The molecule has 1 saturated heterocycles. The number of piperazine rings is 1. The lowest BCUT2D eigenvalue weighted by Gasteiger charge is -2.34. The molecule has 17 heavy (non-hydrogen) atoms. The molecule has 0 spiro atoms. The van der Waals surface area contributed by atoms with Gasteiger partial charge in [-0.05, 0) is 6.07 Å². The zero-order valence-electron chi connectivity index (χ0n) is 9.50. The minimum atomic E-state index is -3.12. The predicted octanol–water partition coefficient (Wildman–Crippen LogP) is 0.302. The molecule has 0 bridgehead atoms. The van der Waals surface area contributed by atoms with Crippen molar-refractivity contribution in [3.63, 3.8) is 0 Å². The van der Waals surface area contributed by atoms with Crippen LogP contribution in [0, 0.1) is 5.95 Å². The molecule has 5 nitrogen and oxygen atoms in total. The Labute approximate surface area is 99.9 Å². The van der Waals surface area contributed by atoms with Crippen molar-refractivity contribution < 1.29 is 12.8 Å². The Bertz CT molecular complexity index is 498. The number of aromatic nitrogens is 1. The molecule has 0 aromatic carbocycles. The highest BCUT2D eigenvalue weighted by atomic mass is 32.2. The highest BCUT2D eigenvalue weighted by Crippen LogP contribution is 2.17. The summed E-state index contributed by atoms with van der Waals surface area (Å²) >= 11 is 0. The van der Waals surface area contributed by atoms with Gasteiger partial charge in [-0.3, -0.25) is 0 Å². The third-order valence-corrected chi connectivity index (χ3v) is 4.09. The normalized spacial score (nSPS) is 18.4. The maximum absolute atomic E-state index is 12.9. The van der Waals surface area contributed by atoms with Crippen LogP contribution in [0.3, 0.4) is 0 Å². The van der Waals surface area contributed by atoms with Crippen LogP contribution in [0.4, 0.5) is 10.1 Å². The van der Waals surface area contributed by atoms with E-state index in [9.17, 15) is 12.8 Å². The average molecular weight is 259 g/mol. The molecule has 0 N–H and O–H groups in total. The third-order valence-electron chi connectivity index (χ3n) is 2.78. The van der Waals surface area contributed by atoms with E-state index in [1.165, 1.54) is 22.8 Å². The molecule has 0 saturated carbocycles. The van der Waals surface area contributed by atoms with Gasteiger partial charge in [-0.1, -0.05) is 0 Å². The molecule has 1 fully saturated rings. The largest absolute Gasteiger partial charge is 0.369 e. The summed E-state index contributed by atoms with van der Waals surface area (Å²) in [4.78, 5) is 5.44. The average Bonchev–Trinajstić information content (AvgIpc) is 2.28. The van der Waals surface area contributed by atoms with Crippen LogP contribution in [-0.4, -0.2) is 50.1 Å². The van der Waals surface area contributed by atoms with Gasteiger partial charge in [0.2, 0.25) is 16.0 Å². The first-order chi connectivity index (χ1) is 7.97. The Morgan fingerprint density at radius 2 is 1.94 bits per heavy atom. The fraction of sp³-hybridized carbons (Fsp3) is 0.500. The highest BCUT2D eigenvalue weighted by molar-refractivity contribution is 7.88. The summed E-state index contributed by atoms with van der Waals surface area (Å²) in [5.41, 5.74) is 0.741. The van der Waals surface area contributed by atoms with Crippen molar-refractivity contribution in [3.8, 4) is 0 Å². The van der Waals surface area contributed by atoms with E-state index < -0.39 is 16.0 Å². The van der Waals surface area contributed by atoms with Gasteiger partial charge >= 0.3 is 0 Å². The molecule has 1 aliphatic heterocycles. The monoisotopic (exact) mass is 259 g/mol. The summed E-state index contributed by atoms with van der Waals surface area (Å²) in [5, 5.41) is 0.